The number of fused-ring (bicyclic) bond motifs is 1. The lowest BCUT2D eigenvalue weighted by Gasteiger charge is -2.05. The van der Waals surface area contributed by atoms with Crippen molar-refractivity contribution in [1.29, 1.82) is 0 Å². The molecule has 92 valence electrons. The van der Waals surface area contributed by atoms with Gasteiger partial charge in [-0.1, -0.05) is 42.5 Å². The minimum Gasteiger partial charge on any atom is -0.287 e. The Morgan fingerprint density at radius 1 is 0.947 bits per heavy atom. The van der Waals surface area contributed by atoms with Crippen LogP contribution in [0, 0.1) is 6.92 Å². The molecule has 1 heterocycles. The monoisotopic (exact) mass is 248 g/mol. The Morgan fingerprint density at radius 3 is 2.53 bits per heavy atom. The van der Waals surface area contributed by atoms with Crippen LogP contribution in [0.15, 0.2) is 54.9 Å². The van der Waals surface area contributed by atoms with Crippen LogP contribution >= 0.6 is 0 Å². The molecule has 0 saturated heterocycles. The number of carbonyl (C=O) groups is 1. The highest BCUT2D eigenvalue weighted by molar-refractivity contribution is 6.15. The van der Waals surface area contributed by atoms with Crippen LogP contribution in [0.1, 0.15) is 21.7 Å². The fraction of sp³-hybridized carbons (Fsp3) is 0.0625. The SMILES string of the molecule is Cc1cnc(C(=O)c2cccc3ccccc23)cn1. The average molecular weight is 248 g/mol. The number of aryl methyl sites for hydroxylation is 1. The lowest BCUT2D eigenvalue weighted by atomic mass is 10.00. The Labute approximate surface area is 111 Å². The van der Waals surface area contributed by atoms with Crippen molar-refractivity contribution in [3.8, 4) is 0 Å². The summed E-state index contributed by atoms with van der Waals surface area (Å²) in [5, 5.41) is 1.99. The summed E-state index contributed by atoms with van der Waals surface area (Å²) in [5.41, 5.74) is 1.84. The zero-order valence-corrected chi connectivity index (χ0v) is 10.5. The predicted molar refractivity (Wildman–Crippen MR) is 74.1 cm³/mol. The Hall–Kier alpha value is -2.55. The molecule has 0 aliphatic heterocycles. The van der Waals surface area contributed by atoms with E-state index in [2.05, 4.69) is 9.97 Å². The van der Waals surface area contributed by atoms with Crippen LogP contribution in [0.25, 0.3) is 10.8 Å². The summed E-state index contributed by atoms with van der Waals surface area (Å²) in [7, 11) is 0. The molecule has 0 amide bonds. The Balaban J connectivity index is 2.14. The first-order valence-corrected chi connectivity index (χ1v) is 6.07. The van der Waals surface area contributed by atoms with E-state index in [0.717, 1.165) is 16.5 Å². The van der Waals surface area contributed by atoms with E-state index in [1.54, 1.807) is 6.20 Å². The van der Waals surface area contributed by atoms with Gasteiger partial charge in [0.15, 0.2) is 0 Å². The molecule has 0 aliphatic rings. The van der Waals surface area contributed by atoms with Gasteiger partial charge in [0.05, 0.1) is 11.9 Å². The molecule has 1 aromatic heterocycles. The molecule has 0 aliphatic carbocycles. The van der Waals surface area contributed by atoms with Gasteiger partial charge >= 0.3 is 0 Å². The van der Waals surface area contributed by atoms with Gasteiger partial charge in [-0.3, -0.25) is 9.78 Å². The second-order valence-corrected chi connectivity index (χ2v) is 4.40. The topological polar surface area (TPSA) is 42.9 Å². The zero-order valence-electron chi connectivity index (χ0n) is 10.5. The molecule has 3 rings (SSSR count). The van der Waals surface area contributed by atoms with Gasteiger partial charge < -0.3 is 0 Å². The quantitative estimate of drug-likeness (QED) is 0.654. The number of rotatable bonds is 2. The van der Waals surface area contributed by atoms with Crippen LogP contribution in [0.5, 0.6) is 0 Å². The maximum atomic E-state index is 12.5. The molecule has 0 radical (unpaired) electrons. The lowest BCUT2D eigenvalue weighted by molar-refractivity contribution is 0.103. The van der Waals surface area contributed by atoms with E-state index in [1.807, 2.05) is 49.4 Å². The fourth-order valence-electron chi connectivity index (χ4n) is 2.07. The van der Waals surface area contributed by atoms with Gasteiger partial charge in [-0.2, -0.15) is 0 Å². The van der Waals surface area contributed by atoms with Crippen molar-refractivity contribution in [2.24, 2.45) is 0 Å². The van der Waals surface area contributed by atoms with Gasteiger partial charge in [0, 0.05) is 11.8 Å². The summed E-state index contributed by atoms with van der Waals surface area (Å²) in [4.78, 5) is 20.7. The van der Waals surface area contributed by atoms with Crippen LogP contribution in [-0.4, -0.2) is 15.8 Å². The predicted octanol–water partition coefficient (Wildman–Crippen LogP) is 3.17. The molecule has 3 nitrogen and oxygen atoms in total. The van der Waals surface area contributed by atoms with Crippen LogP contribution < -0.4 is 0 Å². The third-order valence-electron chi connectivity index (χ3n) is 3.05. The van der Waals surface area contributed by atoms with Gasteiger partial charge in [0.1, 0.15) is 5.69 Å². The number of aromatic nitrogens is 2. The van der Waals surface area contributed by atoms with E-state index in [0.29, 0.717) is 11.3 Å². The molecule has 2 aromatic carbocycles. The molecule has 0 bridgehead atoms. The van der Waals surface area contributed by atoms with E-state index in [-0.39, 0.29) is 5.78 Å². The molecule has 0 saturated carbocycles. The van der Waals surface area contributed by atoms with E-state index in [1.165, 1.54) is 6.20 Å². The number of ketones is 1. The summed E-state index contributed by atoms with van der Waals surface area (Å²) >= 11 is 0. The molecule has 19 heavy (non-hydrogen) atoms. The first-order valence-electron chi connectivity index (χ1n) is 6.07. The van der Waals surface area contributed by atoms with Gasteiger partial charge in [0.25, 0.3) is 0 Å². The largest absolute Gasteiger partial charge is 0.287 e. The average Bonchev–Trinajstić information content (AvgIpc) is 2.47. The van der Waals surface area contributed by atoms with Crippen LogP contribution in [0.4, 0.5) is 0 Å². The summed E-state index contributed by atoms with van der Waals surface area (Å²) < 4.78 is 0. The summed E-state index contributed by atoms with van der Waals surface area (Å²) in [5.74, 6) is -0.0932. The highest BCUT2D eigenvalue weighted by atomic mass is 16.1. The summed E-state index contributed by atoms with van der Waals surface area (Å²) in [6.45, 7) is 1.85. The fourth-order valence-corrected chi connectivity index (χ4v) is 2.07. The molecule has 0 atom stereocenters. The van der Waals surface area contributed by atoms with Gasteiger partial charge in [0.2, 0.25) is 5.78 Å². The Bertz CT molecular complexity index is 743. The first-order chi connectivity index (χ1) is 9.25. The molecule has 0 N–H and O–H groups in total. The van der Waals surface area contributed by atoms with E-state index >= 15 is 0 Å². The third kappa shape index (κ3) is 2.10. The number of hydrogen-bond acceptors (Lipinski definition) is 3. The minimum absolute atomic E-state index is 0.0932. The van der Waals surface area contributed by atoms with Crippen molar-refractivity contribution < 1.29 is 4.79 Å². The van der Waals surface area contributed by atoms with Crippen molar-refractivity contribution in [3.05, 3.63) is 71.8 Å². The standard InChI is InChI=1S/C16H12N2O/c1-11-9-18-15(10-17-11)16(19)14-8-4-6-12-5-2-3-7-13(12)14/h2-10H,1H3. The second-order valence-electron chi connectivity index (χ2n) is 4.40. The third-order valence-corrected chi connectivity index (χ3v) is 3.05. The van der Waals surface area contributed by atoms with Crippen LogP contribution in [0.3, 0.4) is 0 Å². The molecule has 0 fully saturated rings. The second kappa shape index (κ2) is 4.61. The van der Waals surface area contributed by atoms with Gasteiger partial charge in [-0.15, -0.1) is 0 Å². The number of hydrogen-bond donors (Lipinski definition) is 0. The van der Waals surface area contributed by atoms with Crippen molar-refractivity contribution in [2.75, 3.05) is 0 Å². The normalized spacial score (nSPS) is 10.6. The lowest BCUT2D eigenvalue weighted by Crippen LogP contribution is -2.05. The maximum absolute atomic E-state index is 12.5. The molecule has 3 heteroatoms. The van der Waals surface area contributed by atoms with E-state index in [4.69, 9.17) is 0 Å². The van der Waals surface area contributed by atoms with Crippen LogP contribution in [0.2, 0.25) is 0 Å². The van der Waals surface area contributed by atoms with Crippen molar-refractivity contribution >= 4 is 16.6 Å². The highest BCUT2D eigenvalue weighted by Gasteiger charge is 2.13. The van der Waals surface area contributed by atoms with Gasteiger partial charge in [-0.05, 0) is 17.7 Å². The van der Waals surface area contributed by atoms with E-state index in [9.17, 15) is 4.79 Å². The molecule has 0 spiro atoms. The van der Waals surface area contributed by atoms with Gasteiger partial charge in [-0.25, -0.2) is 4.98 Å². The summed E-state index contributed by atoms with van der Waals surface area (Å²) in [6.07, 6.45) is 3.14. The molecule has 3 aromatic rings. The van der Waals surface area contributed by atoms with E-state index < -0.39 is 0 Å². The van der Waals surface area contributed by atoms with Crippen molar-refractivity contribution in [2.45, 2.75) is 6.92 Å². The minimum atomic E-state index is -0.0932. The first kappa shape index (κ1) is 11.5. The molecular formula is C16H12N2O. The number of nitrogens with zero attached hydrogens (tertiary/aromatic N) is 2. The maximum Gasteiger partial charge on any atom is 0.213 e. The smallest absolute Gasteiger partial charge is 0.213 e. The van der Waals surface area contributed by atoms with Crippen LogP contribution in [-0.2, 0) is 0 Å². The summed E-state index contributed by atoms with van der Waals surface area (Å²) in [6, 6.07) is 13.5. The Morgan fingerprint density at radius 2 is 1.74 bits per heavy atom. The highest BCUT2D eigenvalue weighted by Crippen LogP contribution is 2.20. The Kier molecular flexibility index (Phi) is 2.80. The molecule has 0 unspecified atom stereocenters. The van der Waals surface area contributed by atoms with Crippen molar-refractivity contribution in [3.63, 3.8) is 0 Å². The van der Waals surface area contributed by atoms with Crippen molar-refractivity contribution in [1.82, 2.24) is 9.97 Å². The number of carbonyl (C=O) groups excluding carboxylic acids is 1. The zero-order chi connectivity index (χ0) is 13.2. The molecular weight excluding hydrogens is 236 g/mol. The number of benzene rings is 2.